The second kappa shape index (κ2) is 6.84. The van der Waals surface area contributed by atoms with E-state index in [1.54, 1.807) is 6.92 Å². The summed E-state index contributed by atoms with van der Waals surface area (Å²) in [6.45, 7) is 5.40. The highest BCUT2D eigenvalue weighted by molar-refractivity contribution is 5.85. The van der Waals surface area contributed by atoms with Gasteiger partial charge in [-0.25, -0.2) is 0 Å². The number of benzene rings is 2. The minimum atomic E-state index is -5.94. The summed E-state index contributed by atoms with van der Waals surface area (Å²) in [6.07, 6.45) is -11.3. The zero-order valence-corrected chi connectivity index (χ0v) is 13.9. The van der Waals surface area contributed by atoms with Crippen LogP contribution in [0.5, 0.6) is 0 Å². The average Bonchev–Trinajstić information content (AvgIpc) is 2.58. The molecule has 0 aromatic heterocycles. The minimum Gasteiger partial charge on any atom is -0.369 e. The highest BCUT2D eigenvalue weighted by Gasteiger charge is 2.71. The number of carbonyl (C=O) groups is 1. The van der Waals surface area contributed by atoms with Gasteiger partial charge < -0.3 is 5.11 Å². The Morgan fingerprint density at radius 1 is 0.963 bits per heavy atom. The van der Waals surface area contributed by atoms with E-state index < -0.39 is 23.5 Å². The van der Waals surface area contributed by atoms with E-state index in [0.717, 1.165) is 12.1 Å². The van der Waals surface area contributed by atoms with Crippen LogP contribution in [0, 0.1) is 0 Å². The molecule has 1 N–H and O–H groups in total. The largest absolute Gasteiger partial charge is 0.430 e. The fraction of sp³-hybridized carbons (Fsp3) is 0.211. The molecule has 0 amide bonds. The van der Waals surface area contributed by atoms with E-state index in [4.69, 9.17) is 0 Å². The molecule has 0 heterocycles. The average molecular weight is 388 g/mol. The molecule has 0 unspecified atom stereocenters. The van der Waals surface area contributed by atoms with Crippen LogP contribution in [0.4, 0.5) is 26.3 Å². The van der Waals surface area contributed by atoms with Gasteiger partial charge in [0.1, 0.15) is 6.29 Å². The van der Waals surface area contributed by atoms with Gasteiger partial charge in [-0.2, -0.15) is 26.3 Å². The Labute approximate surface area is 150 Å². The normalized spacial score (nSPS) is 12.7. The van der Waals surface area contributed by atoms with Gasteiger partial charge >= 0.3 is 12.4 Å². The Morgan fingerprint density at radius 3 is 1.89 bits per heavy atom. The minimum absolute atomic E-state index is 0.306. The van der Waals surface area contributed by atoms with Crippen LogP contribution < -0.4 is 0 Å². The van der Waals surface area contributed by atoms with Crippen LogP contribution in [0.15, 0.2) is 49.0 Å². The first-order valence-electron chi connectivity index (χ1n) is 7.54. The Bertz CT molecular complexity index is 849. The quantitative estimate of drug-likeness (QED) is 0.554. The van der Waals surface area contributed by atoms with Gasteiger partial charge in [-0.05, 0) is 29.7 Å². The third-order valence-electron chi connectivity index (χ3n) is 4.07. The summed E-state index contributed by atoms with van der Waals surface area (Å²) in [5.41, 5.74) is -4.11. The van der Waals surface area contributed by atoms with Gasteiger partial charge in [0.05, 0.1) is 0 Å². The Balaban J connectivity index is 2.59. The molecule has 144 valence electrons. The van der Waals surface area contributed by atoms with Gasteiger partial charge in [-0.3, -0.25) is 4.79 Å². The lowest BCUT2D eigenvalue weighted by Crippen LogP contribution is -2.53. The highest BCUT2D eigenvalue weighted by atomic mass is 19.4. The van der Waals surface area contributed by atoms with E-state index >= 15 is 0 Å². The van der Waals surface area contributed by atoms with Gasteiger partial charge in [0.25, 0.3) is 5.60 Å². The van der Waals surface area contributed by atoms with Crippen molar-refractivity contribution in [2.75, 3.05) is 0 Å². The monoisotopic (exact) mass is 388 g/mol. The van der Waals surface area contributed by atoms with Gasteiger partial charge in [-0.1, -0.05) is 48.6 Å². The van der Waals surface area contributed by atoms with E-state index in [-0.39, 0.29) is 0 Å². The molecule has 0 aliphatic rings. The van der Waals surface area contributed by atoms with Crippen LogP contribution in [0.1, 0.15) is 28.4 Å². The van der Waals surface area contributed by atoms with Gasteiger partial charge in [0, 0.05) is 11.1 Å². The number of hydrogen-bond donors (Lipinski definition) is 1. The molecular weight excluding hydrogens is 374 g/mol. The SMILES string of the molecule is C=C(C)c1cc(C=O)ccc1-c1ccc(C(O)(C(F)(F)F)C(F)(F)F)cc1. The summed E-state index contributed by atoms with van der Waals surface area (Å²) in [7, 11) is 0. The van der Waals surface area contributed by atoms with E-state index in [1.165, 1.54) is 18.2 Å². The smallest absolute Gasteiger partial charge is 0.369 e. The fourth-order valence-corrected chi connectivity index (χ4v) is 2.62. The molecule has 27 heavy (non-hydrogen) atoms. The lowest BCUT2D eigenvalue weighted by atomic mass is 9.89. The third kappa shape index (κ3) is 3.62. The third-order valence-corrected chi connectivity index (χ3v) is 4.07. The lowest BCUT2D eigenvalue weighted by molar-refractivity contribution is -0.376. The van der Waals surface area contributed by atoms with Gasteiger partial charge in [0.15, 0.2) is 0 Å². The summed E-state index contributed by atoms with van der Waals surface area (Å²) in [6, 6.07) is 7.73. The summed E-state index contributed by atoms with van der Waals surface area (Å²) in [5, 5.41) is 9.43. The molecule has 0 atom stereocenters. The molecule has 0 aliphatic heterocycles. The summed E-state index contributed by atoms with van der Waals surface area (Å²) in [4.78, 5) is 10.9. The molecule has 2 nitrogen and oxygen atoms in total. The number of aliphatic hydroxyl groups is 1. The fourth-order valence-electron chi connectivity index (χ4n) is 2.62. The molecule has 0 bridgehead atoms. The number of aldehydes is 1. The molecule has 0 saturated heterocycles. The number of halogens is 6. The number of alkyl halides is 6. The molecule has 2 aromatic rings. The molecule has 8 heteroatoms. The van der Waals surface area contributed by atoms with Crippen LogP contribution in [0.25, 0.3) is 16.7 Å². The van der Waals surface area contributed by atoms with E-state index in [9.17, 15) is 36.2 Å². The second-order valence-electron chi connectivity index (χ2n) is 5.99. The van der Waals surface area contributed by atoms with Crippen LogP contribution >= 0.6 is 0 Å². The van der Waals surface area contributed by atoms with Crippen molar-refractivity contribution in [3.05, 3.63) is 65.7 Å². The molecule has 0 radical (unpaired) electrons. The predicted octanol–water partition coefficient (Wildman–Crippen LogP) is 5.51. The van der Waals surface area contributed by atoms with Crippen molar-refractivity contribution in [1.82, 2.24) is 0 Å². The van der Waals surface area contributed by atoms with Crippen molar-refractivity contribution < 1.29 is 36.2 Å². The maximum absolute atomic E-state index is 12.9. The lowest BCUT2D eigenvalue weighted by Gasteiger charge is -2.32. The molecule has 0 aliphatic carbocycles. The standard InChI is InChI=1S/C19H14F6O2/c1-11(2)16-9-12(10-26)3-8-15(16)13-4-6-14(7-5-13)17(27,18(20,21)22)19(23,24)25/h3-10,27H,1H2,2H3. The maximum Gasteiger partial charge on any atom is 0.430 e. The number of allylic oxidation sites excluding steroid dienone is 1. The van der Waals surface area contributed by atoms with Crippen molar-refractivity contribution in [3.8, 4) is 11.1 Å². The van der Waals surface area contributed by atoms with Crippen molar-refractivity contribution in [2.45, 2.75) is 24.9 Å². The first kappa shape index (κ1) is 20.7. The molecule has 0 fully saturated rings. The summed E-state index contributed by atoms with van der Waals surface area (Å²) < 4.78 is 77.7. The Kier molecular flexibility index (Phi) is 5.25. The van der Waals surface area contributed by atoms with Gasteiger partial charge in [0.2, 0.25) is 0 Å². The topological polar surface area (TPSA) is 37.3 Å². The number of rotatable bonds is 4. The van der Waals surface area contributed by atoms with Crippen molar-refractivity contribution in [3.63, 3.8) is 0 Å². The first-order chi connectivity index (χ1) is 12.3. The van der Waals surface area contributed by atoms with Crippen molar-refractivity contribution >= 4 is 11.9 Å². The zero-order valence-electron chi connectivity index (χ0n) is 13.9. The molecule has 0 spiro atoms. The molecule has 2 aromatic carbocycles. The van der Waals surface area contributed by atoms with Crippen molar-refractivity contribution in [2.24, 2.45) is 0 Å². The number of hydrogen-bond acceptors (Lipinski definition) is 2. The van der Waals surface area contributed by atoms with E-state index in [2.05, 4.69) is 6.58 Å². The predicted molar refractivity (Wildman–Crippen MR) is 88.0 cm³/mol. The van der Waals surface area contributed by atoms with E-state index in [1.807, 2.05) is 0 Å². The van der Waals surface area contributed by atoms with Gasteiger partial charge in [-0.15, -0.1) is 0 Å². The van der Waals surface area contributed by atoms with Crippen LogP contribution in [0.2, 0.25) is 0 Å². The summed E-state index contributed by atoms with van der Waals surface area (Å²) >= 11 is 0. The van der Waals surface area contributed by atoms with E-state index in [0.29, 0.717) is 46.2 Å². The second-order valence-corrected chi connectivity index (χ2v) is 5.99. The molecular formula is C19H14F6O2. The number of carbonyl (C=O) groups excluding carboxylic acids is 1. The Morgan fingerprint density at radius 2 is 1.48 bits per heavy atom. The van der Waals surface area contributed by atoms with Crippen LogP contribution in [0.3, 0.4) is 0 Å². The Hall–Kier alpha value is -2.61. The first-order valence-corrected chi connectivity index (χ1v) is 7.54. The highest BCUT2D eigenvalue weighted by Crippen LogP contribution is 2.50. The maximum atomic E-state index is 12.9. The van der Waals surface area contributed by atoms with Crippen molar-refractivity contribution in [1.29, 1.82) is 0 Å². The van der Waals surface area contributed by atoms with Crippen LogP contribution in [-0.4, -0.2) is 23.7 Å². The zero-order chi connectivity index (χ0) is 20.6. The molecule has 0 saturated carbocycles. The summed E-state index contributed by atoms with van der Waals surface area (Å²) in [5.74, 6) is 0. The van der Waals surface area contributed by atoms with Crippen LogP contribution in [-0.2, 0) is 5.60 Å². The molecule has 2 rings (SSSR count).